The Balaban J connectivity index is 2.03. The summed E-state index contributed by atoms with van der Waals surface area (Å²) in [5, 5.41) is 2.94. The molecule has 7 nitrogen and oxygen atoms in total. The monoisotopic (exact) mass is 627 g/mol. The second-order valence-corrected chi connectivity index (χ2v) is 13.0. The first-order chi connectivity index (χ1) is 19.0. The minimum atomic E-state index is -3.80. The summed E-state index contributed by atoms with van der Waals surface area (Å²) in [5.74, 6) is -0.462. The predicted octanol–water partition coefficient (Wildman–Crippen LogP) is 5.50. The summed E-state index contributed by atoms with van der Waals surface area (Å²) in [6.45, 7) is 6.26. The van der Waals surface area contributed by atoms with Crippen LogP contribution in [-0.4, -0.2) is 50.5 Å². The molecular formula is C31H38BrN3O4S. The quantitative estimate of drug-likeness (QED) is 0.271. The number of rotatable bonds is 13. The fourth-order valence-electron chi connectivity index (χ4n) is 4.39. The molecule has 1 N–H and O–H groups in total. The van der Waals surface area contributed by atoms with E-state index in [0.717, 1.165) is 38.1 Å². The minimum Gasteiger partial charge on any atom is -0.354 e. The smallest absolute Gasteiger partial charge is 0.244 e. The van der Waals surface area contributed by atoms with Crippen molar-refractivity contribution in [3.63, 3.8) is 0 Å². The first-order valence-corrected chi connectivity index (χ1v) is 16.1. The summed E-state index contributed by atoms with van der Waals surface area (Å²) < 4.78 is 27.8. The zero-order valence-electron chi connectivity index (χ0n) is 23.5. The molecule has 3 aromatic carbocycles. The number of sulfonamides is 1. The van der Waals surface area contributed by atoms with E-state index in [1.165, 1.54) is 4.90 Å². The number of carbonyl (C=O) groups excluding carboxylic acids is 2. The maximum absolute atomic E-state index is 14.1. The van der Waals surface area contributed by atoms with Gasteiger partial charge in [0.05, 0.1) is 11.9 Å². The first kappa shape index (κ1) is 31.4. The van der Waals surface area contributed by atoms with E-state index in [4.69, 9.17) is 0 Å². The third-order valence-electron chi connectivity index (χ3n) is 6.59. The van der Waals surface area contributed by atoms with Crippen LogP contribution in [-0.2, 0) is 32.6 Å². The maximum Gasteiger partial charge on any atom is 0.244 e. The van der Waals surface area contributed by atoms with Crippen molar-refractivity contribution >= 4 is 43.5 Å². The largest absolute Gasteiger partial charge is 0.354 e. The highest BCUT2D eigenvalue weighted by atomic mass is 79.9. The Bertz CT molecular complexity index is 1380. The SMILES string of the molecule is CCCNC(=O)C(Cc1ccccc1)N(Cc1cccc(Br)c1)C(=O)CN(c1ccc(C(C)C)cc1)S(C)(=O)=O. The van der Waals surface area contributed by atoms with Crippen LogP contribution in [0, 0.1) is 0 Å². The fraction of sp³-hybridized carbons (Fsp3) is 0.355. The van der Waals surface area contributed by atoms with Crippen LogP contribution in [0.1, 0.15) is 49.8 Å². The second kappa shape index (κ2) is 14.5. The lowest BCUT2D eigenvalue weighted by atomic mass is 10.0. The molecule has 0 fully saturated rings. The van der Waals surface area contributed by atoms with Gasteiger partial charge in [-0.1, -0.05) is 91.3 Å². The molecule has 0 aromatic heterocycles. The van der Waals surface area contributed by atoms with E-state index in [9.17, 15) is 18.0 Å². The van der Waals surface area contributed by atoms with Crippen molar-refractivity contribution < 1.29 is 18.0 Å². The summed E-state index contributed by atoms with van der Waals surface area (Å²) in [6, 6.07) is 23.4. The molecule has 0 saturated carbocycles. The average molecular weight is 629 g/mol. The van der Waals surface area contributed by atoms with E-state index in [0.29, 0.717) is 12.2 Å². The summed E-state index contributed by atoms with van der Waals surface area (Å²) in [4.78, 5) is 29.1. The molecule has 3 aromatic rings. The van der Waals surface area contributed by atoms with Crippen LogP contribution >= 0.6 is 15.9 Å². The van der Waals surface area contributed by atoms with Crippen LogP contribution in [0.25, 0.3) is 0 Å². The van der Waals surface area contributed by atoms with Gasteiger partial charge in [0.2, 0.25) is 21.8 Å². The molecule has 0 heterocycles. The number of benzene rings is 3. The number of hydrogen-bond donors (Lipinski definition) is 1. The highest BCUT2D eigenvalue weighted by molar-refractivity contribution is 9.10. The number of anilines is 1. The van der Waals surface area contributed by atoms with Gasteiger partial charge in [-0.05, 0) is 53.3 Å². The molecule has 9 heteroatoms. The Hall–Kier alpha value is -3.17. The van der Waals surface area contributed by atoms with Gasteiger partial charge in [-0.2, -0.15) is 0 Å². The molecule has 0 aliphatic heterocycles. The first-order valence-electron chi connectivity index (χ1n) is 13.4. The Morgan fingerprint density at radius 1 is 0.925 bits per heavy atom. The van der Waals surface area contributed by atoms with E-state index in [-0.39, 0.29) is 24.8 Å². The molecule has 2 amide bonds. The van der Waals surface area contributed by atoms with Crippen LogP contribution in [0.5, 0.6) is 0 Å². The lowest BCUT2D eigenvalue weighted by Crippen LogP contribution is -2.53. The molecule has 0 bridgehead atoms. The standard InChI is InChI=1S/C31H38BrN3O4S/c1-5-18-33-31(37)29(20-24-10-7-6-8-11-24)34(21-25-12-9-13-27(32)19-25)30(36)22-35(40(4,38)39)28-16-14-26(15-17-28)23(2)3/h6-17,19,23,29H,5,18,20-22H2,1-4H3,(H,33,37). The van der Waals surface area contributed by atoms with Crippen LogP contribution in [0.4, 0.5) is 5.69 Å². The van der Waals surface area contributed by atoms with Gasteiger partial charge in [0.25, 0.3) is 0 Å². The highest BCUT2D eigenvalue weighted by Crippen LogP contribution is 2.24. The summed E-state index contributed by atoms with van der Waals surface area (Å²) in [6.07, 6.45) is 2.13. The summed E-state index contributed by atoms with van der Waals surface area (Å²) >= 11 is 3.49. The second-order valence-electron chi connectivity index (χ2n) is 10.2. The number of nitrogens with zero attached hydrogens (tertiary/aromatic N) is 2. The number of nitrogens with one attached hydrogen (secondary N) is 1. The van der Waals surface area contributed by atoms with Gasteiger partial charge in [0.1, 0.15) is 12.6 Å². The Morgan fingerprint density at radius 2 is 1.57 bits per heavy atom. The fourth-order valence-corrected chi connectivity index (χ4v) is 5.69. The zero-order chi connectivity index (χ0) is 29.3. The molecule has 1 atom stereocenters. The zero-order valence-corrected chi connectivity index (χ0v) is 25.9. The topological polar surface area (TPSA) is 86.8 Å². The van der Waals surface area contributed by atoms with Gasteiger partial charge in [-0.25, -0.2) is 8.42 Å². The van der Waals surface area contributed by atoms with E-state index >= 15 is 0 Å². The van der Waals surface area contributed by atoms with Gasteiger partial charge in [0.15, 0.2) is 0 Å². The molecule has 3 rings (SSSR count). The Morgan fingerprint density at radius 3 is 2.15 bits per heavy atom. The Labute approximate surface area is 246 Å². The minimum absolute atomic E-state index is 0.138. The number of halogens is 1. The number of carbonyl (C=O) groups is 2. The summed E-state index contributed by atoms with van der Waals surface area (Å²) in [7, 11) is -3.80. The van der Waals surface area contributed by atoms with Crippen LogP contribution in [0.2, 0.25) is 0 Å². The lowest BCUT2D eigenvalue weighted by molar-refractivity contribution is -0.140. The number of amides is 2. The highest BCUT2D eigenvalue weighted by Gasteiger charge is 2.33. The van der Waals surface area contributed by atoms with Crippen LogP contribution in [0.15, 0.2) is 83.3 Å². The van der Waals surface area contributed by atoms with Crippen LogP contribution in [0.3, 0.4) is 0 Å². The predicted molar refractivity (Wildman–Crippen MR) is 165 cm³/mol. The molecule has 214 valence electrons. The number of hydrogen-bond acceptors (Lipinski definition) is 4. The molecule has 0 aliphatic rings. The Kier molecular flexibility index (Phi) is 11.3. The van der Waals surface area contributed by atoms with Crippen LogP contribution < -0.4 is 9.62 Å². The molecule has 0 radical (unpaired) electrons. The van der Waals surface area contributed by atoms with Gasteiger partial charge in [-0.3, -0.25) is 13.9 Å². The van der Waals surface area contributed by atoms with Crippen molar-refractivity contribution in [3.8, 4) is 0 Å². The van der Waals surface area contributed by atoms with E-state index < -0.39 is 28.5 Å². The van der Waals surface area contributed by atoms with Gasteiger partial charge >= 0.3 is 0 Å². The van der Waals surface area contributed by atoms with Crippen molar-refractivity contribution in [1.82, 2.24) is 10.2 Å². The molecule has 40 heavy (non-hydrogen) atoms. The molecule has 0 saturated heterocycles. The van der Waals surface area contributed by atoms with E-state index in [1.807, 2.05) is 73.7 Å². The third-order valence-corrected chi connectivity index (χ3v) is 8.22. The van der Waals surface area contributed by atoms with E-state index in [2.05, 4.69) is 35.1 Å². The van der Waals surface area contributed by atoms with E-state index in [1.54, 1.807) is 12.1 Å². The van der Waals surface area contributed by atoms with Crippen molar-refractivity contribution in [3.05, 3.63) is 100 Å². The van der Waals surface area contributed by atoms with Gasteiger partial charge in [-0.15, -0.1) is 0 Å². The average Bonchev–Trinajstić information content (AvgIpc) is 2.92. The molecule has 1 unspecified atom stereocenters. The van der Waals surface area contributed by atoms with Gasteiger partial charge in [0, 0.05) is 24.0 Å². The molecular weight excluding hydrogens is 590 g/mol. The maximum atomic E-state index is 14.1. The normalized spacial score (nSPS) is 12.2. The van der Waals surface area contributed by atoms with Crippen molar-refractivity contribution in [2.45, 2.75) is 52.1 Å². The van der Waals surface area contributed by atoms with Crippen molar-refractivity contribution in [2.75, 3.05) is 23.7 Å². The summed E-state index contributed by atoms with van der Waals surface area (Å²) in [5.41, 5.74) is 3.18. The third kappa shape index (κ3) is 8.93. The van der Waals surface area contributed by atoms with Gasteiger partial charge < -0.3 is 10.2 Å². The van der Waals surface area contributed by atoms with Crippen molar-refractivity contribution in [1.29, 1.82) is 0 Å². The molecule has 0 aliphatic carbocycles. The van der Waals surface area contributed by atoms with Crippen molar-refractivity contribution in [2.24, 2.45) is 0 Å². The molecule has 0 spiro atoms. The lowest BCUT2D eigenvalue weighted by Gasteiger charge is -2.33.